The molecule has 3 N–H and O–H groups in total. The second-order valence-corrected chi connectivity index (χ2v) is 2.55. The monoisotopic (exact) mass is 207 g/mol. The molecule has 0 aliphatic carbocycles. The van der Waals surface area contributed by atoms with Crippen molar-refractivity contribution in [1.82, 2.24) is 9.97 Å². The molecule has 0 fully saturated rings. The fraction of sp³-hybridized carbons (Fsp3) is 0.429. The first kappa shape index (κ1) is 10.9. The highest BCUT2D eigenvalue weighted by molar-refractivity contribution is 5.07. The zero-order valence-electron chi connectivity index (χ0n) is 6.99. The lowest BCUT2D eigenvalue weighted by Crippen LogP contribution is -2.17. The Morgan fingerprint density at radius 2 is 2.14 bits per heavy atom. The van der Waals surface area contributed by atoms with Gasteiger partial charge in [-0.1, -0.05) is 0 Å². The summed E-state index contributed by atoms with van der Waals surface area (Å²) in [5.41, 5.74) is 4.94. The summed E-state index contributed by atoms with van der Waals surface area (Å²) >= 11 is 0. The van der Waals surface area contributed by atoms with Crippen LogP contribution in [0.3, 0.4) is 0 Å². The number of aliphatic hydroxyl groups is 1. The molecule has 7 heteroatoms. The predicted octanol–water partition coefficient (Wildman–Crippen LogP) is 0.487. The van der Waals surface area contributed by atoms with E-state index in [4.69, 9.17) is 10.8 Å². The number of aromatic nitrogens is 2. The Labute approximate surface area is 77.6 Å². The lowest BCUT2D eigenvalue weighted by molar-refractivity contribution is -0.145. The molecule has 0 aliphatic rings. The van der Waals surface area contributed by atoms with Crippen molar-refractivity contribution >= 4 is 0 Å². The van der Waals surface area contributed by atoms with E-state index in [9.17, 15) is 13.2 Å². The van der Waals surface area contributed by atoms with Crippen molar-refractivity contribution in [2.24, 2.45) is 5.73 Å². The molecule has 1 rings (SSSR count). The molecule has 0 aliphatic heterocycles. The number of aliphatic hydroxyl groups excluding tert-OH is 1. The van der Waals surface area contributed by atoms with Gasteiger partial charge in [-0.05, 0) is 6.07 Å². The van der Waals surface area contributed by atoms with E-state index in [1.54, 1.807) is 0 Å². The van der Waals surface area contributed by atoms with Crippen LogP contribution in [0, 0.1) is 0 Å². The Morgan fingerprint density at radius 3 is 2.64 bits per heavy atom. The predicted molar refractivity (Wildman–Crippen MR) is 41.0 cm³/mol. The molecule has 14 heavy (non-hydrogen) atoms. The molecule has 0 spiro atoms. The first-order valence-corrected chi connectivity index (χ1v) is 3.73. The molecule has 0 amide bonds. The first-order valence-electron chi connectivity index (χ1n) is 3.73. The minimum atomic E-state index is -4.61. The van der Waals surface area contributed by atoms with Crippen LogP contribution in [0.4, 0.5) is 13.2 Å². The average molecular weight is 207 g/mol. The van der Waals surface area contributed by atoms with E-state index in [2.05, 4.69) is 9.97 Å². The Balaban J connectivity index is 3.01. The number of hydrogen-bond donors (Lipinski definition) is 2. The van der Waals surface area contributed by atoms with E-state index in [-0.39, 0.29) is 12.2 Å². The molecule has 1 aromatic heterocycles. The van der Waals surface area contributed by atoms with Crippen molar-refractivity contribution in [1.29, 1.82) is 0 Å². The van der Waals surface area contributed by atoms with Gasteiger partial charge in [0.05, 0.1) is 5.69 Å². The minimum absolute atomic E-state index is 0.130. The summed E-state index contributed by atoms with van der Waals surface area (Å²) in [6, 6.07) is 1.19. The summed E-state index contributed by atoms with van der Waals surface area (Å²) in [4.78, 5) is 6.19. The van der Waals surface area contributed by atoms with Gasteiger partial charge in [0, 0.05) is 12.7 Å². The molecule has 0 radical (unpaired) electrons. The molecule has 0 saturated carbocycles. The number of nitrogens with zero attached hydrogens (tertiary/aromatic N) is 2. The van der Waals surface area contributed by atoms with E-state index in [0.29, 0.717) is 0 Å². The van der Waals surface area contributed by atoms with E-state index >= 15 is 0 Å². The number of halogens is 3. The van der Waals surface area contributed by atoms with E-state index in [1.807, 2.05) is 0 Å². The Hall–Kier alpha value is -1.21. The topological polar surface area (TPSA) is 72.0 Å². The van der Waals surface area contributed by atoms with Crippen LogP contribution in [0.25, 0.3) is 0 Å². The summed E-state index contributed by atoms with van der Waals surface area (Å²) in [6.45, 7) is -0.186. The number of alkyl halides is 3. The highest BCUT2D eigenvalue weighted by Crippen LogP contribution is 2.26. The van der Waals surface area contributed by atoms with Gasteiger partial charge in [-0.15, -0.1) is 0 Å². The second-order valence-electron chi connectivity index (χ2n) is 2.55. The van der Waals surface area contributed by atoms with E-state index in [1.165, 1.54) is 6.07 Å². The Kier molecular flexibility index (Phi) is 3.02. The van der Waals surface area contributed by atoms with Crippen LogP contribution in [-0.2, 0) is 6.18 Å². The van der Waals surface area contributed by atoms with Crippen molar-refractivity contribution < 1.29 is 18.3 Å². The second kappa shape index (κ2) is 3.89. The third-order valence-corrected chi connectivity index (χ3v) is 1.50. The van der Waals surface area contributed by atoms with Gasteiger partial charge in [-0.3, -0.25) is 0 Å². The number of nitrogens with two attached hydrogens (primary N) is 1. The summed E-state index contributed by atoms with van der Waals surface area (Å²) in [5.74, 6) is -1.28. The van der Waals surface area contributed by atoms with Crippen LogP contribution in [0.15, 0.2) is 12.3 Å². The first-order chi connectivity index (χ1) is 6.45. The van der Waals surface area contributed by atoms with Crippen LogP contribution >= 0.6 is 0 Å². The lowest BCUT2D eigenvalue weighted by atomic mass is 10.2. The Bertz CT molecular complexity index is 315. The molecule has 78 valence electrons. The lowest BCUT2D eigenvalue weighted by Gasteiger charge is -2.09. The van der Waals surface area contributed by atoms with Gasteiger partial charge < -0.3 is 10.8 Å². The standard InChI is InChI=1S/C7H8F3N3O/c8-7(9,10)6-12-2-1-4(13-6)5(14)3-11/h1-2,5,14H,3,11H2. The largest absolute Gasteiger partial charge is 0.451 e. The van der Waals surface area contributed by atoms with Gasteiger partial charge in [0.25, 0.3) is 0 Å². The zero-order chi connectivity index (χ0) is 10.8. The number of hydrogen-bond acceptors (Lipinski definition) is 4. The normalized spacial score (nSPS) is 14.1. The van der Waals surface area contributed by atoms with Crippen molar-refractivity contribution in [3.8, 4) is 0 Å². The molecule has 0 aromatic carbocycles. The quantitative estimate of drug-likeness (QED) is 0.740. The van der Waals surface area contributed by atoms with E-state index in [0.717, 1.165) is 6.20 Å². The summed E-state index contributed by atoms with van der Waals surface area (Å²) in [5, 5.41) is 9.14. The van der Waals surface area contributed by atoms with Crippen LogP contribution < -0.4 is 5.73 Å². The fourth-order valence-corrected chi connectivity index (χ4v) is 0.816. The highest BCUT2D eigenvalue weighted by Gasteiger charge is 2.34. The third-order valence-electron chi connectivity index (χ3n) is 1.50. The molecule has 1 unspecified atom stereocenters. The SMILES string of the molecule is NCC(O)c1ccnc(C(F)(F)F)n1. The van der Waals surface area contributed by atoms with Crippen molar-refractivity contribution in [3.63, 3.8) is 0 Å². The summed E-state index contributed by atoms with van der Waals surface area (Å²) < 4.78 is 36.3. The third kappa shape index (κ3) is 2.39. The maximum absolute atomic E-state index is 12.1. The molecule has 4 nitrogen and oxygen atoms in total. The Morgan fingerprint density at radius 1 is 1.50 bits per heavy atom. The van der Waals surface area contributed by atoms with Gasteiger partial charge in [0.15, 0.2) is 0 Å². The molecular formula is C7H8F3N3O. The molecule has 1 aromatic rings. The van der Waals surface area contributed by atoms with Gasteiger partial charge >= 0.3 is 6.18 Å². The van der Waals surface area contributed by atoms with Crippen molar-refractivity contribution in [2.45, 2.75) is 12.3 Å². The van der Waals surface area contributed by atoms with Crippen LogP contribution in [0.5, 0.6) is 0 Å². The maximum atomic E-state index is 12.1. The summed E-state index contributed by atoms with van der Waals surface area (Å²) in [6.07, 6.45) is -4.87. The highest BCUT2D eigenvalue weighted by atomic mass is 19.4. The minimum Gasteiger partial charge on any atom is -0.385 e. The van der Waals surface area contributed by atoms with Gasteiger partial charge in [-0.2, -0.15) is 13.2 Å². The van der Waals surface area contributed by atoms with Crippen molar-refractivity contribution in [2.75, 3.05) is 6.54 Å². The number of rotatable bonds is 2. The smallest absolute Gasteiger partial charge is 0.385 e. The average Bonchev–Trinajstić information content (AvgIpc) is 2.15. The van der Waals surface area contributed by atoms with Crippen LogP contribution in [0.2, 0.25) is 0 Å². The molecule has 0 bridgehead atoms. The van der Waals surface area contributed by atoms with Gasteiger partial charge in [0.1, 0.15) is 6.10 Å². The van der Waals surface area contributed by atoms with Crippen LogP contribution in [-0.4, -0.2) is 21.6 Å². The maximum Gasteiger partial charge on any atom is 0.451 e. The molecular weight excluding hydrogens is 199 g/mol. The van der Waals surface area contributed by atoms with Crippen molar-refractivity contribution in [3.05, 3.63) is 23.8 Å². The molecule has 0 saturated heterocycles. The van der Waals surface area contributed by atoms with E-state index < -0.39 is 18.1 Å². The van der Waals surface area contributed by atoms with Gasteiger partial charge in [-0.25, -0.2) is 9.97 Å². The molecule has 1 atom stereocenters. The molecule has 1 heterocycles. The summed E-state index contributed by atoms with van der Waals surface area (Å²) in [7, 11) is 0. The van der Waals surface area contributed by atoms with Gasteiger partial charge in [0.2, 0.25) is 5.82 Å². The van der Waals surface area contributed by atoms with Crippen LogP contribution in [0.1, 0.15) is 17.6 Å². The fourth-order valence-electron chi connectivity index (χ4n) is 0.816. The zero-order valence-corrected chi connectivity index (χ0v) is 6.99.